The Morgan fingerprint density at radius 2 is 1.50 bits per heavy atom. The normalized spacial score (nSPS) is 12.1. The molecule has 5 aromatic rings. The average molecular weight is 443 g/mol. The van der Waals surface area contributed by atoms with Crippen LogP contribution in [0, 0.1) is 0 Å². The zero-order chi connectivity index (χ0) is 22.3. The van der Waals surface area contributed by atoms with Gasteiger partial charge in [-0.1, -0.05) is 42.5 Å². The number of benzene rings is 3. The van der Waals surface area contributed by atoms with Gasteiger partial charge in [-0.05, 0) is 36.4 Å². The Morgan fingerprint density at radius 1 is 0.875 bits per heavy atom. The molecule has 158 valence electrons. The smallest absolute Gasteiger partial charge is 0.212 e. The standard InChI is InChI=1S/C23H17N5O3S/c24-22-21(32(30,31)16-9-2-1-3-10-16)20-23(27-18-12-6-5-11-17(18)26-20)28(22)25-14-15-8-4-7-13-19(15)29/h1-14,29H,24H2. The maximum absolute atomic E-state index is 13.5. The number of anilines is 1. The van der Waals surface area contributed by atoms with Gasteiger partial charge in [-0.2, -0.15) is 9.78 Å². The fourth-order valence-electron chi connectivity index (χ4n) is 3.44. The van der Waals surface area contributed by atoms with E-state index in [2.05, 4.69) is 15.1 Å². The third kappa shape index (κ3) is 3.15. The molecule has 3 aromatic carbocycles. The molecule has 0 aliphatic rings. The van der Waals surface area contributed by atoms with Crippen LogP contribution >= 0.6 is 0 Å². The first-order chi connectivity index (χ1) is 15.5. The second-order valence-corrected chi connectivity index (χ2v) is 8.92. The number of rotatable bonds is 4. The lowest BCUT2D eigenvalue weighted by Gasteiger charge is -2.04. The summed E-state index contributed by atoms with van der Waals surface area (Å²) in [4.78, 5) is 9.07. The summed E-state index contributed by atoms with van der Waals surface area (Å²) in [5, 5.41) is 14.4. The van der Waals surface area contributed by atoms with Gasteiger partial charge in [0, 0.05) is 5.56 Å². The Labute approximate surface area is 183 Å². The van der Waals surface area contributed by atoms with Crippen LogP contribution in [0.25, 0.3) is 22.2 Å². The quantitative estimate of drug-likeness (QED) is 0.409. The highest BCUT2D eigenvalue weighted by Gasteiger charge is 2.30. The lowest BCUT2D eigenvalue weighted by molar-refractivity contribution is 0.474. The van der Waals surface area contributed by atoms with Gasteiger partial charge in [0.1, 0.15) is 22.0 Å². The first-order valence-electron chi connectivity index (χ1n) is 9.66. The first kappa shape index (κ1) is 19.7. The summed E-state index contributed by atoms with van der Waals surface area (Å²) in [6.45, 7) is 0. The van der Waals surface area contributed by atoms with Crippen LogP contribution < -0.4 is 5.73 Å². The minimum Gasteiger partial charge on any atom is -0.507 e. The number of nitrogen functional groups attached to an aromatic ring is 1. The topological polar surface area (TPSA) is 123 Å². The zero-order valence-electron chi connectivity index (χ0n) is 16.6. The Hall–Kier alpha value is -4.24. The van der Waals surface area contributed by atoms with E-state index in [1.165, 1.54) is 29.1 Å². The molecule has 0 saturated heterocycles. The van der Waals surface area contributed by atoms with Crippen LogP contribution in [0.2, 0.25) is 0 Å². The second kappa shape index (κ2) is 7.47. The molecule has 2 aromatic heterocycles. The molecule has 0 aliphatic carbocycles. The Balaban J connectivity index is 1.82. The highest BCUT2D eigenvalue weighted by atomic mass is 32.2. The van der Waals surface area contributed by atoms with Crippen molar-refractivity contribution in [3.05, 3.63) is 84.4 Å². The van der Waals surface area contributed by atoms with Crippen molar-refractivity contribution < 1.29 is 13.5 Å². The monoisotopic (exact) mass is 443 g/mol. The molecule has 0 saturated carbocycles. The summed E-state index contributed by atoms with van der Waals surface area (Å²) in [6.07, 6.45) is 1.39. The minimum absolute atomic E-state index is 0.0277. The average Bonchev–Trinajstić information content (AvgIpc) is 3.08. The van der Waals surface area contributed by atoms with Crippen LogP contribution in [0.15, 0.2) is 93.8 Å². The summed E-state index contributed by atoms with van der Waals surface area (Å²) in [7, 11) is -4.01. The lowest BCUT2D eigenvalue weighted by Crippen LogP contribution is -2.06. The molecule has 8 nitrogen and oxygen atoms in total. The van der Waals surface area contributed by atoms with E-state index in [0.717, 1.165) is 0 Å². The van der Waals surface area contributed by atoms with E-state index in [1.54, 1.807) is 54.6 Å². The molecule has 2 heterocycles. The van der Waals surface area contributed by atoms with Gasteiger partial charge in [0.2, 0.25) is 9.84 Å². The number of nitrogens with two attached hydrogens (primary N) is 1. The summed E-state index contributed by atoms with van der Waals surface area (Å²) in [5.74, 6) is -0.0919. The molecular weight excluding hydrogens is 426 g/mol. The molecule has 0 bridgehead atoms. The second-order valence-electron chi connectivity index (χ2n) is 7.03. The van der Waals surface area contributed by atoms with Crippen molar-refractivity contribution in [3.63, 3.8) is 0 Å². The molecule has 5 rings (SSSR count). The Bertz CT molecular complexity index is 1610. The van der Waals surface area contributed by atoms with Gasteiger partial charge >= 0.3 is 0 Å². The van der Waals surface area contributed by atoms with Crippen LogP contribution in [0.3, 0.4) is 0 Å². The largest absolute Gasteiger partial charge is 0.507 e. The number of phenolic OH excluding ortho intramolecular Hbond substituents is 1. The van der Waals surface area contributed by atoms with E-state index >= 15 is 0 Å². The molecule has 0 fully saturated rings. The van der Waals surface area contributed by atoms with Crippen molar-refractivity contribution in [1.82, 2.24) is 14.6 Å². The third-order valence-corrected chi connectivity index (χ3v) is 6.83. The van der Waals surface area contributed by atoms with Gasteiger partial charge in [-0.3, -0.25) is 0 Å². The fraction of sp³-hybridized carbons (Fsp3) is 0. The summed E-state index contributed by atoms with van der Waals surface area (Å²) in [6, 6.07) is 21.8. The van der Waals surface area contributed by atoms with Gasteiger partial charge in [0.15, 0.2) is 5.65 Å². The van der Waals surface area contributed by atoms with Crippen LogP contribution in [0.4, 0.5) is 5.82 Å². The Kier molecular flexibility index (Phi) is 4.60. The van der Waals surface area contributed by atoms with Crippen molar-refractivity contribution in [3.8, 4) is 5.75 Å². The highest BCUT2D eigenvalue weighted by molar-refractivity contribution is 7.92. The first-order valence-corrected chi connectivity index (χ1v) is 11.1. The van der Waals surface area contributed by atoms with Crippen molar-refractivity contribution >= 4 is 44.1 Å². The number of aromatic hydroxyl groups is 1. The van der Waals surface area contributed by atoms with Crippen molar-refractivity contribution in [2.45, 2.75) is 9.79 Å². The molecule has 0 unspecified atom stereocenters. The highest BCUT2D eigenvalue weighted by Crippen LogP contribution is 2.35. The molecular formula is C23H17N5O3S. The molecule has 32 heavy (non-hydrogen) atoms. The van der Waals surface area contributed by atoms with Crippen molar-refractivity contribution in [1.29, 1.82) is 0 Å². The van der Waals surface area contributed by atoms with Gasteiger partial charge < -0.3 is 10.8 Å². The molecule has 0 atom stereocenters. The molecule has 9 heteroatoms. The molecule has 0 radical (unpaired) electrons. The number of sulfone groups is 1. The number of para-hydroxylation sites is 3. The SMILES string of the molecule is Nc1c(S(=O)(=O)c2ccccc2)c2nc3ccccc3nc2n1N=Cc1ccccc1O. The summed E-state index contributed by atoms with van der Waals surface area (Å²) >= 11 is 0. The van der Waals surface area contributed by atoms with Crippen LogP contribution in [0.1, 0.15) is 5.56 Å². The van der Waals surface area contributed by atoms with Gasteiger partial charge in [0.05, 0.1) is 22.1 Å². The number of hydrogen-bond acceptors (Lipinski definition) is 7. The number of hydrogen-bond donors (Lipinski definition) is 2. The van der Waals surface area contributed by atoms with Gasteiger partial charge in [0.25, 0.3) is 0 Å². The maximum atomic E-state index is 13.5. The van der Waals surface area contributed by atoms with E-state index in [-0.39, 0.29) is 32.5 Å². The number of aromatic nitrogens is 3. The van der Waals surface area contributed by atoms with Crippen LogP contribution in [-0.4, -0.2) is 34.4 Å². The lowest BCUT2D eigenvalue weighted by atomic mass is 10.2. The van der Waals surface area contributed by atoms with Crippen LogP contribution in [0.5, 0.6) is 5.75 Å². The number of fused-ring (bicyclic) bond motifs is 2. The number of phenols is 1. The number of nitrogens with zero attached hydrogens (tertiary/aromatic N) is 4. The van der Waals surface area contributed by atoms with E-state index in [9.17, 15) is 13.5 Å². The van der Waals surface area contributed by atoms with Crippen molar-refractivity contribution in [2.75, 3.05) is 5.73 Å². The maximum Gasteiger partial charge on any atom is 0.212 e. The van der Waals surface area contributed by atoms with Crippen LogP contribution in [-0.2, 0) is 9.84 Å². The van der Waals surface area contributed by atoms with E-state index in [1.807, 2.05) is 6.07 Å². The molecule has 0 amide bonds. The Morgan fingerprint density at radius 3 is 2.22 bits per heavy atom. The minimum atomic E-state index is -4.01. The molecule has 0 aliphatic heterocycles. The van der Waals surface area contributed by atoms with E-state index in [4.69, 9.17) is 5.73 Å². The van der Waals surface area contributed by atoms with Gasteiger partial charge in [-0.15, -0.1) is 0 Å². The van der Waals surface area contributed by atoms with E-state index in [0.29, 0.717) is 16.6 Å². The summed E-state index contributed by atoms with van der Waals surface area (Å²) in [5.41, 5.74) is 8.20. The third-order valence-electron chi connectivity index (χ3n) is 5.00. The van der Waals surface area contributed by atoms with Gasteiger partial charge in [-0.25, -0.2) is 18.4 Å². The molecule has 0 spiro atoms. The zero-order valence-corrected chi connectivity index (χ0v) is 17.4. The van der Waals surface area contributed by atoms with Crippen molar-refractivity contribution in [2.24, 2.45) is 5.10 Å². The predicted molar refractivity (Wildman–Crippen MR) is 122 cm³/mol. The summed E-state index contributed by atoms with van der Waals surface area (Å²) < 4.78 is 28.2. The fourth-order valence-corrected chi connectivity index (χ4v) is 4.94. The van der Waals surface area contributed by atoms with E-state index < -0.39 is 9.84 Å². The predicted octanol–water partition coefficient (Wildman–Crippen LogP) is 3.59. The molecule has 3 N–H and O–H groups in total.